The van der Waals surface area contributed by atoms with E-state index in [4.69, 9.17) is 0 Å². The van der Waals surface area contributed by atoms with Gasteiger partial charge in [0.05, 0.1) is 13.2 Å². The van der Waals surface area contributed by atoms with Gasteiger partial charge in [0.2, 0.25) is 0 Å². The van der Waals surface area contributed by atoms with Crippen molar-refractivity contribution in [3.05, 3.63) is 71.3 Å². The minimum atomic E-state index is -0.492. The summed E-state index contributed by atoms with van der Waals surface area (Å²) in [5.41, 5.74) is 1.21. The second kappa shape index (κ2) is 9.74. The van der Waals surface area contributed by atoms with Crippen molar-refractivity contribution in [2.24, 2.45) is 4.99 Å². The minimum Gasteiger partial charge on any atom is -0.396 e. The van der Waals surface area contributed by atoms with Crippen LogP contribution < -0.4 is 10.6 Å². The van der Waals surface area contributed by atoms with Crippen molar-refractivity contribution in [2.45, 2.75) is 19.4 Å². The molecule has 0 aliphatic heterocycles. The lowest BCUT2D eigenvalue weighted by Crippen LogP contribution is -2.40. The van der Waals surface area contributed by atoms with Crippen LogP contribution in [0.4, 0.5) is 8.78 Å². The highest BCUT2D eigenvalue weighted by Crippen LogP contribution is 2.14. The van der Waals surface area contributed by atoms with Gasteiger partial charge in [0.1, 0.15) is 11.6 Å². The molecule has 3 N–H and O–H groups in total. The van der Waals surface area contributed by atoms with Crippen LogP contribution in [-0.4, -0.2) is 30.8 Å². The first-order valence-corrected chi connectivity index (χ1v) is 8.26. The third kappa shape index (κ3) is 5.83. The van der Waals surface area contributed by atoms with Crippen molar-refractivity contribution in [2.75, 3.05) is 19.7 Å². The molecule has 1 atom stereocenters. The molecule has 0 radical (unpaired) electrons. The lowest BCUT2D eigenvalue weighted by Gasteiger charge is -2.18. The molecule has 0 aromatic heterocycles. The van der Waals surface area contributed by atoms with Crippen LogP contribution in [-0.2, 0) is 6.54 Å². The average molecular weight is 347 g/mol. The fourth-order valence-electron chi connectivity index (χ4n) is 2.40. The third-order valence-corrected chi connectivity index (χ3v) is 3.77. The van der Waals surface area contributed by atoms with E-state index in [1.807, 2.05) is 37.3 Å². The molecule has 0 saturated carbocycles. The van der Waals surface area contributed by atoms with Crippen molar-refractivity contribution >= 4 is 5.96 Å². The summed E-state index contributed by atoms with van der Waals surface area (Å²) in [5, 5.41) is 15.8. The van der Waals surface area contributed by atoms with Gasteiger partial charge in [-0.15, -0.1) is 0 Å². The number of guanidine groups is 1. The van der Waals surface area contributed by atoms with Crippen LogP contribution >= 0.6 is 0 Å². The highest BCUT2D eigenvalue weighted by Gasteiger charge is 2.11. The van der Waals surface area contributed by atoms with Gasteiger partial charge in [-0.2, -0.15) is 0 Å². The third-order valence-electron chi connectivity index (χ3n) is 3.77. The lowest BCUT2D eigenvalue weighted by molar-refractivity contribution is 0.265. The number of aliphatic hydroxyl groups excluding tert-OH is 1. The molecule has 2 aromatic carbocycles. The number of halogens is 2. The highest BCUT2D eigenvalue weighted by atomic mass is 19.1. The first-order valence-electron chi connectivity index (χ1n) is 8.26. The van der Waals surface area contributed by atoms with Gasteiger partial charge in [-0.3, -0.25) is 0 Å². The molecule has 0 amide bonds. The second-order valence-corrected chi connectivity index (χ2v) is 5.60. The van der Waals surface area contributed by atoms with Crippen LogP contribution in [0.2, 0.25) is 0 Å². The minimum absolute atomic E-state index is 0.00502. The molecule has 0 heterocycles. The normalized spacial score (nSPS) is 12.7. The molecule has 2 rings (SSSR count). The van der Waals surface area contributed by atoms with Crippen molar-refractivity contribution in [1.82, 2.24) is 10.6 Å². The van der Waals surface area contributed by atoms with E-state index in [1.54, 1.807) is 0 Å². The van der Waals surface area contributed by atoms with Gasteiger partial charge in [-0.1, -0.05) is 30.3 Å². The summed E-state index contributed by atoms with van der Waals surface area (Å²) in [6.45, 7) is 3.04. The monoisotopic (exact) mass is 347 g/mol. The molecule has 0 bridgehead atoms. The predicted molar refractivity (Wildman–Crippen MR) is 95.4 cm³/mol. The van der Waals surface area contributed by atoms with Crippen molar-refractivity contribution in [3.63, 3.8) is 0 Å². The Morgan fingerprint density at radius 2 is 1.88 bits per heavy atom. The number of hydrogen-bond acceptors (Lipinski definition) is 2. The zero-order chi connectivity index (χ0) is 18.1. The van der Waals surface area contributed by atoms with E-state index < -0.39 is 11.6 Å². The Hall–Kier alpha value is -2.47. The summed E-state index contributed by atoms with van der Waals surface area (Å²) in [5.74, 6) is -0.580. The van der Waals surface area contributed by atoms with Crippen LogP contribution in [0.3, 0.4) is 0 Å². The molecule has 0 spiro atoms. The number of nitrogens with one attached hydrogen (secondary N) is 2. The fraction of sp³-hybridized carbons (Fsp3) is 0.316. The molecule has 0 aliphatic carbocycles. The number of aliphatic imine (C=N–C) groups is 1. The molecule has 1 unspecified atom stereocenters. The van der Waals surface area contributed by atoms with E-state index in [-0.39, 0.29) is 24.6 Å². The number of hydrogen-bond donors (Lipinski definition) is 3. The van der Waals surface area contributed by atoms with Gasteiger partial charge < -0.3 is 15.7 Å². The Kier molecular flexibility index (Phi) is 7.35. The molecule has 6 heteroatoms. The second-order valence-electron chi connectivity index (χ2n) is 5.60. The van der Waals surface area contributed by atoms with Crippen LogP contribution in [0.5, 0.6) is 0 Å². The topological polar surface area (TPSA) is 56.7 Å². The summed E-state index contributed by atoms with van der Waals surface area (Å²) in [4.78, 5) is 4.29. The zero-order valence-corrected chi connectivity index (χ0v) is 14.2. The van der Waals surface area contributed by atoms with Gasteiger partial charge in [-0.25, -0.2) is 13.8 Å². The van der Waals surface area contributed by atoms with Gasteiger partial charge in [-0.05, 0) is 30.7 Å². The van der Waals surface area contributed by atoms with E-state index >= 15 is 0 Å². The zero-order valence-electron chi connectivity index (χ0n) is 14.2. The number of rotatable bonds is 7. The van der Waals surface area contributed by atoms with Gasteiger partial charge >= 0.3 is 0 Å². The van der Waals surface area contributed by atoms with E-state index in [2.05, 4.69) is 15.6 Å². The smallest absolute Gasteiger partial charge is 0.191 e. The maximum absolute atomic E-state index is 13.7. The van der Waals surface area contributed by atoms with Crippen LogP contribution in [0.15, 0.2) is 53.5 Å². The Balaban J connectivity index is 2.03. The first-order chi connectivity index (χ1) is 12.1. The molecule has 134 valence electrons. The molecule has 0 fully saturated rings. The molecule has 4 nitrogen and oxygen atoms in total. The average Bonchev–Trinajstić information content (AvgIpc) is 2.63. The maximum atomic E-state index is 13.7. The SMILES string of the molecule is CCNC(=NCc1cc(F)ccc1F)NCC(CO)c1ccccc1. The van der Waals surface area contributed by atoms with Crippen molar-refractivity contribution < 1.29 is 13.9 Å². The quantitative estimate of drug-likeness (QED) is 0.533. The van der Waals surface area contributed by atoms with E-state index in [9.17, 15) is 13.9 Å². The Morgan fingerprint density at radius 1 is 1.12 bits per heavy atom. The molecule has 0 aliphatic rings. The largest absolute Gasteiger partial charge is 0.396 e. The summed E-state index contributed by atoms with van der Waals surface area (Å²) < 4.78 is 26.9. The van der Waals surface area contributed by atoms with Crippen LogP contribution in [0, 0.1) is 11.6 Å². The number of aliphatic hydroxyl groups is 1. The summed E-state index contributed by atoms with van der Waals surface area (Å²) in [6, 6.07) is 13.0. The summed E-state index contributed by atoms with van der Waals surface area (Å²) in [6.07, 6.45) is 0. The number of benzene rings is 2. The van der Waals surface area contributed by atoms with Crippen molar-refractivity contribution in [3.8, 4) is 0 Å². The molecule has 25 heavy (non-hydrogen) atoms. The van der Waals surface area contributed by atoms with Gasteiger partial charge in [0.25, 0.3) is 0 Å². The Morgan fingerprint density at radius 3 is 2.56 bits per heavy atom. The molecule has 0 saturated heterocycles. The van der Waals surface area contributed by atoms with E-state index in [1.165, 1.54) is 0 Å². The van der Waals surface area contributed by atoms with E-state index in [0.717, 1.165) is 23.8 Å². The van der Waals surface area contributed by atoms with Crippen molar-refractivity contribution in [1.29, 1.82) is 0 Å². The maximum Gasteiger partial charge on any atom is 0.191 e. The van der Waals surface area contributed by atoms with Gasteiger partial charge in [0, 0.05) is 24.6 Å². The molecular weight excluding hydrogens is 324 g/mol. The Labute approximate surface area is 146 Å². The van der Waals surface area contributed by atoms with Gasteiger partial charge in [0.15, 0.2) is 5.96 Å². The highest BCUT2D eigenvalue weighted by molar-refractivity contribution is 5.79. The fourth-order valence-corrected chi connectivity index (χ4v) is 2.40. The molecule has 2 aromatic rings. The molecular formula is C19H23F2N3O. The van der Waals surface area contributed by atoms with E-state index in [0.29, 0.717) is 19.0 Å². The van der Waals surface area contributed by atoms with Crippen LogP contribution in [0.1, 0.15) is 24.0 Å². The van der Waals surface area contributed by atoms with Crippen LogP contribution in [0.25, 0.3) is 0 Å². The standard InChI is InChI=1S/C19H23F2N3O/c1-2-22-19(23-11-15-10-17(20)8-9-18(15)21)24-12-16(13-25)14-6-4-3-5-7-14/h3-10,16,25H,2,11-13H2,1H3,(H2,22,23,24). The first kappa shape index (κ1) is 18.9. The summed E-state index contributed by atoms with van der Waals surface area (Å²) >= 11 is 0. The predicted octanol–water partition coefficient (Wildman–Crippen LogP) is 2.80. The summed E-state index contributed by atoms with van der Waals surface area (Å²) in [7, 11) is 0. The number of nitrogens with zero attached hydrogens (tertiary/aromatic N) is 1. The Bertz CT molecular complexity index is 692. The lowest BCUT2D eigenvalue weighted by atomic mass is 10.0.